The molecule has 3 rings (SSSR count). The first-order valence-corrected chi connectivity index (χ1v) is 9.90. The van der Waals surface area contributed by atoms with E-state index in [0.29, 0.717) is 17.5 Å². The first-order valence-electron chi connectivity index (χ1n) is 8.91. The van der Waals surface area contributed by atoms with Gasteiger partial charge in [-0.05, 0) is 19.1 Å². The predicted molar refractivity (Wildman–Crippen MR) is 109 cm³/mol. The summed E-state index contributed by atoms with van der Waals surface area (Å²) in [5, 5.41) is 14.5. The van der Waals surface area contributed by atoms with E-state index >= 15 is 0 Å². The van der Waals surface area contributed by atoms with Gasteiger partial charge in [0.1, 0.15) is 0 Å². The fourth-order valence-electron chi connectivity index (χ4n) is 2.57. The molecule has 0 fully saturated rings. The average Bonchev–Trinajstić information content (AvgIpc) is 3.16. The van der Waals surface area contributed by atoms with Gasteiger partial charge in [-0.2, -0.15) is 0 Å². The van der Waals surface area contributed by atoms with Crippen LogP contribution >= 0.6 is 11.8 Å². The zero-order chi connectivity index (χ0) is 19.8. The van der Waals surface area contributed by atoms with E-state index < -0.39 is 0 Å². The van der Waals surface area contributed by atoms with Crippen molar-refractivity contribution < 1.29 is 9.59 Å². The molecular formula is C20H21N5O2S. The van der Waals surface area contributed by atoms with Crippen LogP contribution in [0.25, 0.3) is 17.1 Å². The van der Waals surface area contributed by atoms with Crippen LogP contribution in [-0.4, -0.2) is 45.4 Å². The molecular weight excluding hydrogens is 374 g/mol. The average molecular weight is 395 g/mol. The minimum Gasteiger partial charge on any atom is -0.355 e. The SMILES string of the molecule is CCNC(=O)CNC(=O)CSc1nnc(-c2ccccc2)n1-c1ccccc1. The Morgan fingerprint density at radius 1 is 0.929 bits per heavy atom. The third kappa shape index (κ3) is 4.98. The second-order valence-corrected chi connectivity index (χ2v) is 6.80. The number of benzene rings is 2. The molecule has 8 heteroatoms. The fourth-order valence-corrected chi connectivity index (χ4v) is 3.35. The number of thioether (sulfide) groups is 1. The fraction of sp³-hybridized carbons (Fsp3) is 0.200. The van der Waals surface area contributed by atoms with Gasteiger partial charge >= 0.3 is 0 Å². The maximum absolute atomic E-state index is 12.1. The van der Waals surface area contributed by atoms with Gasteiger partial charge in [0.05, 0.1) is 12.3 Å². The molecule has 7 nitrogen and oxygen atoms in total. The Balaban J connectivity index is 1.77. The first kappa shape index (κ1) is 19.6. The summed E-state index contributed by atoms with van der Waals surface area (Å²) in [6, 6.07) is 19.5. The molecule has 0 aliphatic rings. The van der Waals surface area contributed by atoms with Gasteiger partial charge in [0.15, 0.2) is 11.0 Å². The molecule has 0 aliphatic carbocycles. The Morgan fingerprint density at radius 3 is 2.29 bits per heavy atom. The van der Waals surface area contributed by atoms with Crippen molar-refractivity contribution in [1.29, 1.82) is 0 Å². The highest BCUT2D eigenvalue weighted by atomic mass is 32.2. The highest BCUT2D eigenvalue weighted by Gasteiger charge is 2.17. The number of rotatable bonds is 8. The van der Waals surface area contributed by atoms with Gasteiger partial charge < -0.3 is 10.6 Å². The summed E-state index contributed by atoms with van der Waals surface area (Å²) in [5.41, 5.74) is 1.85. The number of carbonyl (C=O) groups is 2. The number of nitrogens with zero attached hydrogens (tertiary/aromatic N) is 3. The van der Waals surface area contributed by atoms with Crippen LogP contribution in [0.15, 0.2) is 65.8 Å². The zero-order valence-corrected chi connectivity index (χ0v) is 16.3. The summed E-state index contributed by atoms with van der Waals surface area (Å²) in [6.45, 7) is 2.33. The second kappa shape index (κ2) is 9.70. The van der Waals surface area contributed by atoms with Crippen LogP contribution in [0.4, 0.5) is 0 Å². The third-order valence-electron chi connectivity index (χ3n) is 3.83. The van der Waals surface area contributed by atoms with Gasteiger partial charge in [-0.3, -0.25) is 14.2 Å². The Morgan fingerprint density at radius 2 is 1.61 bits per heavy atom. The molecule has 0 unspecified atom stereocenters. The van der Waals surface area contributed by atoms with E-state index in [9.17, 15) is 9.59 Å². The monoisotopic (exact) mass is 395 g/mol. The zero-order valence-electron chi connectivity index (χ0n) is 15.5. The number of hydrogen-bond acceptors (Lipinski definition) is 5. The third-order valence-corrected chi connectivity index (χ3v) is 4.76. The summed E-state index contributed by atoms with van der Waals surface area (Å²) >= 11 is 1.28. The number of aromatic nitrogens is 3. The molecule has 144 valence electrons. The van der Waals surface area contributed by atoms with Crippen LogP contribution in [-0.2, 0) is 9.59 Å². The van der Waals surface area contributed by atoms with E-state index in [0.717, 1.165) is 11.3 Å². The minimum absolute atomic E-state index is 0.0339. The molecule has 28 heavy (non-hydrogen) atoms. The molecule has 3 aromatic rings. The molecule has 2 aromatic carbocycles. The van der Waals surface area contributed by atoms with Crippen LogP contribution in [0, 0.1) is 0 Å². The summed E-state index contributed by atoms with van der Waals surface area (Å²) in [7, 11) is 0. The lowest BCUT2D eigenvalue weighted by Gasteiger charge is -2.10. The van der Waals surface area contributed by atoms with Crippen LogP contribution < -0.4 is 10.6 Å². The van der Waals surface area contributed by atoms with Gasteiger partial charge in [-0.1, -0.05) is 60.3 Å². The quantitative estimate of drug-likeness (QED) is 0.571. The first-order chi connectivity index (χ1) is 13.7. The standard InChI is InChI=1S/C20H21N5O2S/c1-2-21-17(26)13-22-18(27)14-28-20-24-23-19(15-9-5-3-6-10-15)25(20)16-11-7-4-8-12-16/h3-12H,2,13-14H2,1H3,(H,21,26)(H,22,27). The lowest BCUT2D eigenvalue weighted by Crippen LogP contribution is -2.37. The van der Waals surface area contributed by atoms with Gasteiger partial charge in [0.2, 0.25) is 11.8 Å². The summed E-state index contributed by atoms with van der Waals surface area (Å²) < 4.78 is 1.93. The van der Waals surface area contributed by atoms with E-state index in [1.165, 1.54) is 11.8 Å². The van der Waals surface area contributed by atoms with Gasteiger partial charge in [-0.15, -0.1) is 10.2 Å². The number of hydrogen-bond donors (Lipinski definition) is 2. The molecule has 2 N–H and O–H groups in total. The van der Waals surface area contributed by atoms with E-state index in [4.69, 9.17) is 0 Å². The molecule has 0 bridgehead atoms. The van der Waals surface area contributed by atoms with E-state index in [2.05, 4.69) is 20.8 Å². The van der Waals surface area contributed by atoms with E-state index in [1.807, 2.05) is 72.2 Å². The van der Waals surface area contributed by atoms with Crippen molar-refractivity contribution in [3.63, 3.8) is 0 Å². The molecule has 0 aliphatic heterocycles. The number of nitrogens with one attached hydrogen (secondary N) is 2. The van der Waals surface area contributed by atoms with E-state index in [1.54, 1.807) is 0 Å². The normalized spacial score (nSPS) is 10.5. The van der Waals surface area contributed by atoms with Crippen LogP contribution in [0.1, 0.15) is 6.92 Å². The summed E-state index contributed by atoms with van der Waals surface area (Å²) in [4.78, 5) is 23.5. The van der Waals surface area contributed by atoms with E-state index in [-0.39, 0.29) is 24.1 Å². The molecule has 2 amide bonds. The van der Waals surface area contributed by atoms with Crippen LogP contribution in [0.2, 0.25) is 0 Å². The van der Waals surface area contributed by atoms with Crippen molar-refractivity contribution in [3.8, 4) is 17.1 Å². The number of para-hydroxylation sites is 1. The number of carbonyl (C=O) groups excluding carboxylic acids is 2. The smallest absolute Gasteiger partial charge is 0.239 e. The Bertz CT molecular complexity index is 928. The van der Waals surface area contributed by atoms with Crippen molar-refractivity contribution in [2.45, 2.75) is 12.1 Å². The Kier molecular flexibility index (Phi) is 6.80. The summed E-state index contributed by atoms with van der Waals surface area (Å²) in [6.07, 6.45) is 0. The van der Waals surface area contributed by atoms with Crippen molar-refractivity contribution in [2.24, 2.45) is 0 Å². The van der Waals surface area contributed by atoms with Crippen molar-refractivity contribution in [2.75, 3.05) is 18.8 Å². The predicted octanol–water partition coefficient (Wildman–Crippen LogP) is 2.28. The largest absolute Gasteiger partial charge is 0.355 e. The molecule has 0 saturated carbocycles. The second-order valence-electron chi connectivity index (χ2n) is 5.86. The molecule has 0 spiro atoms. The van der Waals surface area contributed by atoms with Crippen LogP contribution in [0.3, 0.4) is 0 Å². The van der Waals surface area contributed by atoms with Gasteiger partial charge in [-0.25, -0.2) is 0 Å². The number of amides is 2. The maximum atomic E-state index is 12.1. The Hall–Kier alpha value is -3.13. The number of likely N-dealkylation sites (N-methyl/N-ethyl adjacent to an activating group) is 1. The topological polar surface area (TPSA) is 88.9 Å². The van der Waals surface area contributed by atoms with Crippen molar-refractivity contribution in [1.82, 2.24) is 25.4 Å². The van der Waals surface area contributed by atoms with Crippen LogP contribution in [0.5, 0.6) is 0 Å². The lowest BCUT2D eigenvalue weighted by atomic mass is 10.2. The highest BCUT2D eigenvalue weighted by Crippen LogP contribution is 2.27. The molecule has 1 heterocycles. The van der Waals surface area contributed by atoms with Gasteiger partial charge in [0.25, 0.3) is 0 Å². The maximum Gasteiger partial charge on any atom is 0.239 e. The van der Waals surface area contributed by atoms with Gasteiger partial charge in [0, 0.05) is 17.8 Å². The minimum atomic E-state index is -0.236. The summed E-state index contributed by atoms with van der Waals surface area (Å²) in [5.74, 6) is 0.399. The highest BCUT2D eigenvalue weighted by molar-refractivity contribution is 7.99. The molecule has 1 aromatic heterocycles. The van der Waals surface area contributed by atoms with Crippen molar-refractivity contribution >= 4 is 23.6 Å². The molecule has 0 atom stereocenters. The Labute approximate surface area is 167 Å². The molecule has 0 saturated heterocycles. The van der Waals surface area contributed by atoms with Crippen molar-refractivity contribution in [3.05, 3.63) is 60.7 Å². The lowest BCUT2D eigenvalue weighted by molar-refractivity contribution is -0.124. The molecule has 0 radical (unpaired) electrons.